The van der Waals surface area contributed by atoms with Gasteiger partial charge in [0, 0.05) is 16.6 Å². The zero-order valence-corrected chi connectivity index (χ0v) is 12.8. The van der Waals surface area contributed by atoms with E-state index in [0.29, 0.717) is 12.1 Å². The zero-order valence-electron chi connectivity index (χ0n) is 11.2. The molecular weight excluding hydrogens is 302 g/mol. The molecule has 0 amide bonds. The van der Waals surface area contributed by atoms with E-state index in [0.717, 1.165) is 23.2 Å². The average Bonchev–Trinajstić information content (AvgIpc) is 2.35. The first-order valence-corrected chi connectivity index (χ1v) is 8.19. The van der Waals surface area contributed by atoms with Crippen molar-refractivity contribution in [2.45, 2.75) is 62.6 Å². The van der Waals surface area contributed by atoms with Gasteiger partial charge >= 0.3 is 0 Å². The van der Waals surface area contributed by atoms with Crippen LogP contribution in [0.3, 0.4) is 0 Å². The fourth-order valence-corrected chi connectivity index (χ4v) is 3.67. The first kappa shape index (κ1) is 13.6. The van der Waals surface area contributed by atoms with Gasteiger partial charge in [-0.2, -0.15) is 0 Å². The first-order valence-electron chi connectivity index (χ1n) is 7.40. The van der Waals surface area contributed by atoms with Gasteiger partial charge in [0.2, 0.25) is 0 Å². The van der Waals surface area contributed by atoms with Gasteiger partial charge in [-0.3, -0.25) is 0 Å². The zero-order chi connectivity index (χ0) is 13.2. The second-order valence-electron chi connectivity index (χ2n) is 6.10. The summed E-state index contributed by atoms with van der Waals surface area (Å²) in [6, 6.07) is 9.93. The van der Waals surface area contributed by atoms with Crippen LogP contribution in [-0.4, -0.2) is 23.3 Å². The minimum atomic E-state index is -0.0754. The van der Waals surface area contributed by atoms with Crippen molar-refractivity contribution in [3.8, 4) is 0 Å². The van der Waals surface area contributed by atoms with Crippen LogP contribution in [-0.2, 0) is 0 Å². The number of benzene rings is 1. The normalized spacial score (nSPS) is 34.8. The maximum absolute atomic E-state index is 9.69. The molecule has 0 aliphatic heterocycles. The van der Waals surface area contributed by atoms with Crippen LogP contribution < -0.4 is 5.32 Å². The molecule has 0 spiro atoms. The molecule has 104 valence electrons. The molecule has 1 aromatic carbocycles. The summed E-state index contributed by atoms with van der Waals surface area (Å²) in [6.45, 7) is 0. The van der Waals surface area contributed by atoms with Crippen LogP contribution in [0.1, 0.15) is 50.0 Å². The summed E-state index contributed by atoms with van der Waals surface area (Å²) >= 11 is 3.48. The number of aliphatic hydroxyl groups is 1. The summed E-state index contributed by atoms with van der Waals surface area (Å²) in [4.78, 5) is 0. The Bertz CT molecular complexity index is 413. The molecule has 2 aliphatic rings. The van der Waals surface area contributed by atoms with Crippen molar-refractivity contribution in [2.75, 3.05) is 0 Å². The molecule has 0 heterocycles. The van der Waals surface area contributed by atoms with E-state index >= 15 is 0 Å². The van der Waals surface area contributed by atoms with E-state index < -0.39 is 0 Å². The minimum absolute atomic E-state index is 0.0754. The van der Waals surface area contributed by atoms with Crippen LogP contribution in [0, 0.1) is 0 Å². The molecule has 2 saturated carbocycles. The number of halogens is 1. The SMILES string of the molecule is OC1CCCC(NC2CC(c3ccc(Br)cc3)C2)C1. The van der Waals surface area contributed by atoms with Crippen LogP contribution in [0.4, 0.5) is 0 Å². The van der Waals surface area contributed by atoms with E-state index in [1.54, 1.807) is 0 Å². The van der Waals surface area contributed by atoms with Gasteiger partial charge in [0.15, 0.2) is 0 Å². The lowest BCUT2D eigenvalue weighted by atomic mass is 9.75. The fourth-order valence-electron chi connectivity index (χ4n) is 3.41. The summed E-state index contributed by atoms with van der Waals surface area (Å²) in [6.07, 6.45) is 6.75. The van der Waals surface area contributed by atoms with Crippen LogP contribution in [0.15, 0.2) is 28.7 Å². The molecule has 0 bridgehead atoms. The Morgan fingerprint density at radius 1 is 1.00 bits per heavy atom. The summed E-state index contributed by atoms with van der Waals surface area (Å²) in [5.74, 6) is 0.721. The van der Waals surface area contributed by atoms with E-state index in [2.05, 4.69) is 45.5 Å². The smallest absolute Gasteiger partial charge is 0.0555 e. The Morgan fingerprint density at radius 2 is 1.74 bits per heavy atom. The highest BCUT2D eigenvalue weighted by molar-refractivity contribution is 9.10. The Hall–Kier alpha value is -0.380. The van der Waals surface area contributed by atoms with Gasteiger partial charge in [-0.15, -0.1) is 0 Å². The average molecular weight is 324 g/mol. The van der Waals surface area contributed by atoms with Gasteiger partial charge in [-0.05, 0) is 62.1 Å². The molecule has 3 rings (SSSR count). The van der Waals surface area contributed by atoms with Crippen molar-refractivity contribution >= 4 is 15.9 Å². The van der Waals surface area contributed by atoms with Crippen molar-refractivity contribution in [1.29, 1.82) is 0 Å². The van der Waals surface area contributed by atoms with Crippen LogP contribution in [0.2, 0.25) is 0 Å². The van der Waals surface area contributed by atoms with E-state index in [-0.39, 0.29) is 6.10 Å². The van der Waals surface area contributed by atoms with Gasteiger partial charge in [0.05, 0.1) is 6.10 Å². The quantitative estimate of drug-likeness (QED) is 0.891. The summed E-state index contributed by atoms with van der Waals surface area (Å²) in [7, 11) is 0. The molecule has 19 heavy (non-hydrogen) atoms. The lowest BCUT2D eigenvalue weighted by molar-refractivity contribution is 0.102. The van der Waals surface area contributed by atoms with Crippen molar-refractivity contribution in [3.05, 3.63) is 34.3 Å². The second-order valence-corrected chi connectivity index (χ2v) is 7.02. The predicted octanol–water partition coefficient (Wildman–Crippen LogP) is 3.59. The van der Waals surface area contributed by atoms with Gasteiger partial charge in [-0.1, -0.05) is 28.1 Å². The van der Waals surface area contributed by atoms with E-state index in [9.17, 15) is 5.11 Å². The Kier molecular flexibility index (Phi) is 4.25. The highest BCUT2D eigenvalue weighted by atomic mass is 79.9. The Balaban J connectivity index is 1.46. The molecule has 1 aromatic rings. The van der Waals surface area contributed by atoms with Crippen LogP contribution in [0.5, 0.6) is 0 Å². The molecule has 0 aromatic heterocycles. The topological polar surface area (TPSA) is 32.3 Å². The maximum atomic E-state index is 9.69. The molecule has 2 atom stereocenters. The first-order chi connectivity index (χ1) is 9.20. The number of hydrogen-bond donors (Lipinski definition) is 2. The predicted molar refractivity (Wildman–Crippen MR) is 81.3 cm³/mol. The lowest BCUT2D eigenvalue weighted by Crippen LogP contribution is -2.47. The standard InChI is InChI=1S/C16H22BrNO/c17-13-6-4-11(5-7-13)12-8-15(9-12)18-14-2-1-3-16(19)10-14/h4-7,12,14-16,18-19H,1-3,8-10H2. The van der Waals surface area contributed by atoms with Gasteiger partial charge in [0.1, 0.15) is 0 Å². The molecule has 2 unspecified atom stereocenters. The van der Waals surface area contributed by atoms with Gasteiger partial charge < -0.3 is 10.4 Å². The van der Waals surface area contributed by atoms with E-state index in [1.807, 2.05) is 0 Å². The van der Waals surface area contributed by atoms with Gasteiger partial charge in [0.25, 0.3) is 0 Å². The van der Waals surface area contributed by atoms with Crippen LogP contribution >= 0.6 is 15.9 Å². The molecule has 2 nitrogen and oxygen atoms in total. The lowest BCUT2D eigenvalue weighted by Gasteiger charge is -2.40. The van der Waals surface area contributed by atoms with Crippen molar-refractivity contribution in [1.82, 2.24) is 5.32 Å². The molecule has 2 fully saturated rings. The largest absolute Gasteiger partial charge is 0.393 e. The number of rotatable bonds is 3. The second kappa shape index (κ2) is 5.94. The molecule has 2 aliphatic carbocycles. The molecule has 3 heteroatoms. The number of hydrogen-bond acceptors (Lipinski definition) is 2. The van der Waals surface area contributed by atoms with Crippen molar-refractivity contribution in [2.24, 2.45) is 0 Å². The number of nitrogens with one attached hydrogen (secondary N) is 1. The summed E-state index contributed by atoms with van der Waals surface area (Å²) in [5, 5.41) is 13.4. The number of aliphatic hydroxyl groups excluding tert-OH is 1. The molecule has 2 N–H and O–H groups in total. The fraction of sp³-hybridized carbons (Fsp3) is 0.625. The maximum Gasteiger partial charge on any atom is 0.0555 e. The molecule has 0 saturated heterocycles. The van der Waals surface area contributed by atoms with E-state index in [1.165, 1.54) is 31.2 Å². The molecule has 0 radical (unpaired) electrons. The monoisotopic (exact) mass is 323 g/mol. The highest BCUT2D eigenvalue weighted by Crippen LogP contribution is 2.38. The van der Waals surface area contributed by atoms with Crippen molar-refractivity contribution < 1.29 is 5.11 Å². The minimum Gasteiger partial charge on any atom is -0.393 e. The third-order valence-corrected chi connectivity index (χ3v) is 5.13. The summed E-state index contributed by atoms with van der Waals surface area (Å²) in [5.41, 5.74) is 1.46. The van der Waals surface area contributed by atoms with Gasteiger partial charge in [-0.25, -0.2) is 0 Å². The third kappa shape index (κ3) is 3.39. The summed E-state index contributed by atoms with van der Waals surface area (Å²) < 4.78 is 1.15. The Labute approximate surface area is 123 Å². The molecular formula is C16H22BrNO. The third-order valence-electron chi connectivity index (χ3n) is 4.60. The highest BCUT2D eigenvalue weighted by Gasteiger charge is 2.32. The van der Waals surface area contributed by atoms with E-state index in [4.69, 9.17) is 0 Å². The van der Waals surface area contributed by atoms with Crippen molar-refractivity contribution in [3.63, 3.8) is 0 Å². The van der Waals surface area contributed by atoms with Crippen LogP contribution in [0.25, 0.3) is 0 Å². The Morgan fingerprint density at radius 3 is 2.42 bits per heavy atom.